The van der Waals surface area contributed by atoms with E-state index in [4.69, 9.17) is 23.2 Å². The summed E-state index contributed by atoms with van der Waals surface area (Å²) in [6, 6.07) is 1.44. The van der Waals surface area contributed by atoms with Crippen LogP contribution in [-0.4, -0.2) is 15.7 Å². The average Bonchev–Trinajstić information content (AvgIpc) is 2.47. The van der Waals surface area contributed by atoms with Gasteiger partial charge in [-0.25, -0.2) is 4.98 Å². The first-order valence-corrected chi connectivity index (χ1v) is 8.26. The van der Waals surface area contributed by atoms with Crippen LogP contribution in [0.5, 0.6) is 0 Å². The molecule has 0 amide bonds. The molecule has 0 aliphatic carbocycles. The molecule has 0 radical (unpaired) electrons. The minimum Gasteiger partial charge on any atom is -0.301 e. The molecule has 21 heavy (non-hydrogen) atoms. The lowest BCUT2D eigenvalue weighted by Crippen LogP contribution is -2.08. The van der Waals surface area contributed by atoms with Crippen LogP contribution in [0, 0.1) is 6.92 Å². The smallest absolute Gasteiger partial charge is 0.251 e. The van der Waals surface area contributed by atoms with E-state index in [-0.39, 0.29) is 5.56 Å². The minimum absolute atomic E-state index is 0.174. The van der Waals surface area contributed by atoms with Crippen molar-refractivity contribution in [2.24, 2.45) is 0 Å². The first kappa shape index (κ1) is 20.0. The summed E-state index contributed by atoms with van der Waals surface area (Å²) in [6.07, 6.45) is 3.30. The van der Waals surface area contributed by atoms with Gasteiger partial charge in [-0.15, -0.1) is 0 Å². The van der Waals surface area contributed by atoms with Crippen LogP contribution in [0.2, 0.25) is 0 Å². The molecule has 1 aromatic heterocycles. The number of hydrogen-bond acceptors (Lipinski definition) is 3. The monoisotopic (exact) mass is 346 g/mol. The van der Waals surface area contributed by atoms with Gasteiger partial charge in [0.15, 0.2) is 5.16 Å². The van der Waals surface area contributed by atoms with Gasteiger partial charge in [0.05, 0.1) is 0 Å². The molecule has 1 heterocycles. The van der Waals surface area contributed by atoms with E-state index in [1.54, 1.807) is 13.0 Å². The Morgan fingerprint density at radius 2 is 2.10 bits per heavy atom. The second-order valence-corrected chi connectivity index (χ2v) is 5.43. The lowest BCUT2D eigenvalue weighted by atomic mass is 10.2. The molecule has 0 aliphatic heterocycles. The largest absolute Gasteiger partial charge is 0.301 e. The zero-order valence-corrected chi connectivity index (χ0v) is 15.0. The van der Waals surface area contributed by atoms with E-state index in [0.717, 1.165) is 5.57 Å². The Hall–Kier alpha value is -0.970. The van der Waals surface area contributed by atoms with Crippen molar-refractivity contribution >= 4 is 35.0 Å². The Labute approximate surface area is 140 Å². The molecule has 116 valence electrons. The van der Waals surface area contributed by atoms with Gasteiger partial charge in [0.2, 0.25) is 0 Å². The van der Waals surface area contributed by atoms with Crippen LogP contribution in [0.25, 0.3) is 0 Å². The molecule has 0 bridgehead atoms. The Morgan fingerprint density at radius 3 is 2.57 bits per heavy atom. The standard InChI is InChI=1S/C13H14Cl2N2OS.C2H6/c1-4-10(14)9(11(15)5-2)7-19-13-16-8(3)6-12(18)17-13;1-2/h4-6H,1,7H2,2-3H3,(H,16,17,18);1-2H3/b10-9+,11-5+;. The van der Waals surface area contributed by atoms with Crippen molar-refractivity contribution in [3.8, 4) is 0 Å². The number of aryl methyl sites for hydroxylation is 1. The molecule has 0 aliphatic rings. The van der Waals surface area contributed by atoms with Crippen molar-refractivity contribution in [1.82, 2.24) is 9.97 Å². The second kappa shape index (κ2) is 10.7. The van der Waals surface area contributed by atoms with Gasteiger partial charge in [0.1, 0.15) is 0 Å². The highest BCUT2D eigenvalue weighted by atomic mass is 35.5. The van der Waals surface area contributed by atoms with Gasteiger partial charge in [-0.1, -0.05) is 67.5 Å². The third-order valence-corrected chi connectivity index (χ3v) is 3.94. The molecule has 1 N–H and O–H groups in total. The summed E-state index contributed by atoms with van der Waals surface area (Å²) in [5.74, 6) is 0.500. The van der Waals surface area contributed by atoms with Crippen molar-refractivity contribution in [3.63, 3.8) is 0 Å². The van der Waals surface area contributed by atoms with E-state index >= 15 is 0 Å². The molecule has 0 saturated heterocycles. The summed E-state index contributed by atoms with van der Waals surface area (Å²) in [6.45, 7) is 11.2. The van der Waals surface area contributed by atoms with Crippen LogP contribution in [-0.2, 0) is 0 Å². The fourth-order valence-corrected chi connectivity index (χ4v) is 2.83. The van der Waals surface area contributed by atoms with Crippen LogP contribution in [0.15, 0.2) is 50.4 Å². The summed E-state index contributed by atoms with van der Waals surface area (Å²) in [4.78, 5) is 18.2. The summed E-state index contributed by atoms with van der Waals surface area (Å²) in [5, 5.41) is 1.59. The normalized spacial score (nSPS) is 12.2. The number of aromatic amines is 1. The molecular weight excluding hydrogens is 327 g/mol. The predicted octanol–water partition coefficient (Wildman–Crippen LogP) is 5.02. The zero-order chi connectivity index (χ0) is 16.4. The highest BCUT2D eigenvalue weighted by molar-refractivity contribution is 7.99. The van der Waals surface area contributed by atoms with Crippen LogP contribution in [0.4, 0.5) is 0 Å². The van der Waals surface area contributed by atoms with Crippen molar-refractivity contribution in [2.75, 3.05) is 5.75 Å². The first-order chi connectivity index (χ1) is 9.97. The molecule has 1 rings (SSSR count). The quantitative estimate of drug-likeness (QED) is 0.462. The van der Waals surface area contributed by atoms with Crippen LogP contribution >= 0.6 is 35.0 Å². The summed E-state index contributed by atoms with van der Waals surface area (Å²) >= 11 is 13.5. The maximum absolute atomic E-state index is 11.3. The van der Waals surface area contributed by atoms with Gasteiger partial charge in [-0.3, -0.25) is 4.79 Å². The highest BCUT2D eigenvalue weighted by Gasteiger charge is 2.09. The molecule has 6 heteroatoms. The average molecular weight is 347 g/mol. The minimum atomic E-state index is -0.174. The number of hydrogen-bond donors (Lipinski definition) is 1. The number of nitrogens with zero attached hydrogens (tertiary/aromatic N) is 1. The molecule has 0 spiro atoms. The van der Waals surface area contributed by atoms with Crippen LogP contribution in [0.3, 0.4) is 0 Å². The number of aromatic nitrogens is 2. The number of H-pyrrole nitrogens is 1. The van der Waals surface area contributed by atoms with Gasteiger partial charge < -0.3 is 4.98 Å². The predicted molar refractivity (Wildman–Crippen MR) is 94.4 cm³/mol. The number of halogens is 2. The zero-order valence-electron chi connectivity index (χ0n) is 12.7. The van der Waals surface area contributed by atoms with Crippen LogP contribution < -0.4 is 5.56 Å². The second-order valence-electron chi connectivity index (χ2n) is 3.65. The fraction of sp³-hybridized carbons (Fsp3) is 0.333. The molecule has 0 saturated carbocycles. The van der Waals surface area contributed by atoms with Crippen LogP contribution in [0.1, 0.15) is 26.5 Å². The Bertz CT molecular complexity index is 592. The number of thioether (sulfide) groups is 1. The van der Waals surface area contributed by atoms with Gasteiger partial charge in [-0.05, 0) is 19.4 Å². The molecule has 0 atom stereocenters. The Balaban J connectivity index is 0.00000191. The summed E-state index contributed by atoms with van der Waals surface area (Å²) < 4.78 is 0. The number of nitrogens with one attached hydrogen (secondary N) is 1. The van der Waals surface area contributed by atoms with Crippen molar-refractivity contribution < 1.29 is 0 Å². The first-order valence-electron chi connectivity index (χ1n) is 6.52. The molecule has 3 nitrogen and oxygen atoms in total. The van der Waals surface area contributed by atoms with E-state index in [2.05, 4.69) is 16.5 Å². The lowest BCUT2D eigenvalue weighted by Gasteiger charge is -2.07. The van der Waals surface area contributed by atoms with E-state index in [0.29, 0.717) is 26.7 Å². The van der Waals surface area contributed by atoms with Crippen molar-refractivity contribution in [3.05, 3.63) is 56.5 Å². The van der Waals surface area contributed by atoms with Gasteiger partial charge in [0, 0.05) is 27.6 Å². The summed E-state index contributed by atoms with van der Waals surface area (Å²) in [5.41, 5.74) is 1.26. The van der Waals surface area contributed by atoms with E-state index < -0.39 is 0 Å². The van der Waals surface area contributed by atoms with Gasteiger partial charge >= 0.3 is 0 Å². The maximum atomic E-state index is 11.3. The molecule has 0 unspecified atom stereocenters. The Morgan fingerprint density at radius 1 is 1.48 bits per heavy atom. The topological polar surface area (TPSA) is 45.8 Å². The molecule has 0 fully saturated rings. The molecule has 1 aromatic rings. The van der Waals surface area contributed by atoms with Crippen molar-refractivity contribution in [2.45, 2.75) is 32.9 Å². The highest BCUT2D eigenvalue weighted by Crippen LogP contribution is 2.27. The maximum Gasteiger partial charge on any atom is 0.251 e. The number of allylic oxidation sites excluding steroid dienone is 4. The van der Waals surface area contributed by atoms with Crippen molar-refractivity contribution in [1.29, 1.82) is 0 Å². The summed E-state index contributed by atoms with van der Waals surface area (Å²) in [7, 11) is 0. The lowest BCUT2D eigenvalue weighted by molar-refractivity contribution is 0.906. The number of rotatable bonds is 5. The van der Waals surface area contributed by atoms with E-state index in [1.807, 2.05) is 20.8 Å². The van der Waals surface area contributed by atoms with E-state index in [9.17, 15) is 4.79 Å². The fourth-order valence-electron chi connectivity index (χ4n) is 1.31. The van der Waals surface area contributed by atoms with Gasteiger partial charge in [-0.2, -0.15) is 0 Å². The molecule has 0 aromatic carbocycles. The van der Waals surface area contributed by atoms with Gasteiger partial charge in [0.25, 0.3) is 5.56 Å². The third kappa shape index (κ3) is 7.02. The SMILES string of the molecule is C=C/C(Cl)=C(CSc1nc(C)cc(=O)[nH]1)\C(Cl)=C/C.CC. The third-order valence-electron chi connectivity index (χ3n) is 2.21. The van der Waals surface area contributed by atoms with E-state index in [1.165, 1.54) is 23.9 Å². The Kier molecular flexibility index (Phi) is 10.2. The molecular formula is C15H20Cl2N2OS.